The number of rotatable bonds is 9. The molecule has 0 aliphatic rings. The summed E-state index contributed by atoms with van der Waals surface area (Å²) in [6, 6.07) is 6.51. The van der Waals surface area contributed by atoms with Crippen LogP contribution in [0.5, 0.6) is 5.75 Å². The van der Waals surface area contributed by atoms with Gasteiger partial charge in [-0.1, -0.05) is 19.9 Å². The molecule has 0 radical (unpaired) electrons. The number of benzene rings is 1. The number of amides is 2. The Morgan fingerprint density at radius 1 is 1.41 bits per heavy atom. The first kappa shape index (κ1) is 18.2. The molecule has 0 atom stereocenters. The van der Waals surface area contributed by atoms with Crippen molar-refractivity contribution in [1.82, 2.24) is 5.32 Å². The molecule has 1 rings (SSSR count). The third-order valence-corrected chi connectivity index (χ3v) is 3.18. The van der Waals surface area contributed by atoms with Gasteiger partial charge in [0.15, 0.2) is 0 Å². The van der Waals surface area contributed by atoms with Crippen LogP contribution in [0.3, 0.4) is 0 Å². The molecule has 0 fully saturated rings. The van der Waals surface area contributed by atoms with Crippen LogP contribution in [-0.4, -0.2) is 37.6 Å². The fourth-order valence-corrected chi connectivity index (χ4v) is 1.84. The molecule has 1 aromatic rings. The fraction of sp³-hybridized carbons (Fsp3) is 0.562. The number of alkyl halides is 1. The van der Waals surface area contributed by atoms with Gasteiger partial charge in [0.05, 0.1) is 0 Å². The van der Waals surface area contributed by atoms with Gasteiger partial charge in [-0.25, -0.2) is 9.18 Å². The molecule has 0 heterocycles. The van der Waals surface area contributed by atoms with Crippen molar-refractivity contribution in [2.45, 2.75) is 26.7 Å². The highest BCUT2D eigenvalue weighted by Crippen LogP contribution is 2.20. The van der Waals surface area contributed by atoms with Gasteiger partial charge < -0.3 is 20.5 Å². The van der Waals surface area contributed by atoms with E-state index in [-0.39, 0.29) is 24.7 Å². The van der Waals surface area contributed by atoms with Crippen LogP contribution in [-0.2, 0) is 0 Å². The maximum Gasteiger partial charge on any atom is 0.319 e. The molecule has 0 aromatic heterocycles. The summed E-state index contributed by atoms with van der Waals surface area (Å²) in [7, 11) is 0. The van der Waals surface area contributed by atoms with E-state index in [1.807, 2.05) is 13.8 Å². The largest absolute Gasteiger partial charge is 0.491 e. The molecular formula is C16H25FN2O3. The second-order valence-electron chi connectivity index (χ2n) is 5.87. The van der Waals surface area contributed by atoms with Crippen LogP contribution < -0.4 is 15.4 Å². The first-order valence-electron chi connectivity index (χ1n) is 7.41. The van der Waals surface area contributed by atoms with Gasteiger partial charge in [0.1, 0.15) is 19.0 Å². The Bertz CT molecular complexity index is 466. The van der Waals surface area contributed by atoms with Gasteiger partial charge in [-0.05, 0) is 30.4 Å². The van der Waals surface area contributed by atoms with Gasteiger partial charge in [-0.15, -0.1) is 0 Å². The second-order valence-corrected chi connectivity index (χ2v) is 5.87. The quantitative estimate of drug-likeness (QED) is 0.614. The average Bonchev–Trinajstić information content (AvgIpc) is 2.50. The minimum atomic E-state index is -0.553. The highest BCUT2D eigenvalue weighted by atomic mass is 19.1. The number of halogens is 1. The standard InChI is InChI=1S/C16H25FN2O3/c1-16(2,12-20)7-4-9-18-15(21)19-13-5-3-6-14(11-13)22-10-8-17/h3,5-6,11,20H,4,7-10,12H2,1-2H3,(H2,18,19,21). The summed E-state index contributed by atoms with van der Waals surface area (Å²) in [5, 5.41) is 14.6. The molecule has 0 aliphatic carbocycles. The molecule has 5 nitrogen and oxygen atoms in total. The molecule has 0 spiro atoms. The van der Waals surface area contributed by atoms with Crippen LogP contribution >= 0.6 is 0 Å². The number of hydrogen-bond acceptors (Lipinski definition) is 3. The van der Waals surface area contributed by atoms with Crippen molar-refractivity contribution in [1.29, 1.82) is 0 Å². The van der Waals surface area contributed by atoms with E-state index >= 15 is 0 Å². The van der Waals surface area contributed by atoms with E-state index in [1.54, 1.807) is 24.3 Å². The predicted molar refractivity (Wildman–Crippen MR) is 85.0 cm³/mol. The van der Waals surface area contributed by atoms with Crippen molar-refractivity contribution in [3.8, 4) is 5.75 Å². The van der Waals surface area contributed by atoms with Gasteiger partial charge >= 0.3 is 6.03 Å². The number of carbonyl (C=O) groups is 1. The molecule has 1 aromatic carbocycles. The van der Waals surface area contributed by atoms with Gasteiger partial charge in [-0.2, -0.15) is 0 Å². The Hall–Kier alpha value is -1.82. The molecule has 124 valence electrons. The summed E-state index contributed by atoms with van der Waals surface area (Å²) < 4.78 is 17.2. The van der Waals surface area contributed by atoms with E-state index in [2.05, 4.69) is 10.6 Å². The molecule has 0 aliphatic heterocycles. The smallest absolute Gasteiger partial charge is 0.319 e. The lowest BCUT2D eigenvalue weighted by molar-refractivity contribution is 0.148. The number of aliphatic hydroxyl groups excluding tert-OH is 1. The molecule has 0 bridgehead atoms. The van der Waals surface area contributed by atoms with E-state index in [0.717, 1.165) is 12.8 Å². The summed E-state index contributed by atoms with van der Waals surface area (Å²) in [5.41, 5.74) is 0.463. The van der Waals surface area contributed by atoms with E-state index < -0.39 is 6.67 Å². The topological polar surface area (TPSA) is 70.6 Å². The predicted octanol–water partition coefficient (Wildman–Crippen LogP) is 2.96. The van der Waals surface area contributed by atoms with Crippen LogP contribution in [0.2, 0.25) is 0 Å². The highest BCUT2D eigenvalue weighted by Gasteiger charge is 2.15. The summed E-state index contributed by atoms with van der Waals surface area (Å²) in [4.78, 5) is 11.8. The summed E-state index contributed by atoms with van der Waals surface area (Å²) in [5.74, 6) is 0.514. The van der Waals surface area contributed by atoms with Crippen molar-refractivity contribution in [2.75, 3.05) is 31.7 Å². The van der Waals surface area contributed by atoms with E-state index in [0.29, 0.717) is 18.0 Å². The zero-order chi connectivity index (χ0) is 16.4. The minimum Gasteiger partial charge on any atom is -0.491 e. The van der Waals surface area contributed by atoms with Crippen molar-refractivity contribution in [3.63, 3.8) is 0 Å². The zero-order valence-electron chi connectivity index (χ0n) is 13.2. The van der Waals surface area contributed by atoms with Crippen LogP contribution in [0.15, 0.2) is 24.3 Å². The Labute approximate surface area is 130 Å². The summed E-state index contributed by atoms with van der Waals surface area (Å²) in [6.07, 6.45) is 1.62. The molecule has 3 N–H and O–H groups in total. The first-order valence-corrected chi connectivity index (χ1v) is 7.41. The fourth-order valence-electron chi connectivity index (χ4n) is 1.84. The summed E-state index contributed by atoms with van der Waals surface area (Å²) >= 11 is 0. The van der Waals surface area contributed by atoms with Gasteiger partial charge in [-0.3, -0.25) is 0 Å². The van der Waals surface area contributed by atoms with Gasteiger partial charge in [0.2, 0.25) is 0 Å². The average molecular weight is 312 g/mol. The van der Waals surface area contributed by atoms with Crippen LogP contribution in [0, 0.1) is 5.41 Å². The van der Waals surface area contributed by atoms with Crippen molar-refractivity contribution < 1.29 is 19.0 Å². The van der Waals surface area contributed by atoms with Crippen molar-refractivity contribution >= 4 is 11.7 Å². The number of aliphatic hydroxyl groups is 1. The number of anilines is 1. The Kier molecular flexibility index (Phi) is 7.66. The maximum absolute atomic E-state index is 12.1. The van der Waals surface area contributed by atoms with E-state index in [9.17, 15) is 9.18 Å². The molecule has 6 heteroatoms. The Morgan fingerprint density at radius 3 is 2.86 bits per heavy atom. The van der Waals surface area contributed by atoms with Gasteiger partial charge in [0, 0.05) is 24.9 Å². The SMILES string of the molecule is CC(C)(CO)CCCNC(=O)Nc1cccc(OCCF)c1. The van der Waals surface area contributed by atoms with Crippen LogP contribution in [0.1, 0.15) is 26.7 Å². The second kappa shape index (κ2) is 9.25. The third kappa shape index (κ3) is 7.26. The first-order chi connectivity index (χ1) is 10.5. The minimum absolute atomic E-state index is 0.00368. The number of urea groups is 1. The number of carbonyl (C=O) groups excluding carboxylic acids is 1. The van der Waals surface area contributed by atoms with Crippen LogP contribution in [0.25, 0.3) is 0 Å². The molecular weight excluding hydrogens is 287 g/mol. The van der Waals surface area contributed by atoms with E-state index in [4.69, 9.17) is 9.84 Å². The summed E-state index contributed by atoms with van der Waals surface area (Å²) in [6.45, 7) is 4.07. The zero-order valence-corrected chi connectivity index (χ0v) is 13.2. The van der Waals surface area contributed by atoms with Gasteiger partial charge in [0.25, 0.3) is 0 Å². The molecule has 0 unspecified atom stereocenters. The molecule has 2 amide bonds. The Balaban J connectivity index is 2.33. The number of hydrogen-bond donors (Lipinski definition) is 3. The van der Waals surface area contributed by atoms with Crippen LogP contribution in [0.4, 0.5) is 14.9 Å². The lowest BCUT2D eigenvalue weighted by Gasteiger charge is -2.21. The normalized spacial score (nSPS) is 11.1. The number of ether oxygens (including phenoxy) is 1. The van der Waals surface area contributed by atoms with Crippen molar-refractivity contribution in [2.24, 2.45) is 5.41 Å². The monoisotopic (exact) mass is 312 g/mol. The lowest BCUT2D eigenvalue weighted by Crippen LogP contribution is -2.30. The lowest BCUT2D eigenvalue weighted by atomic mass is 9.89. The maximum atomic E-state index is 12.1. The molecule has 22 heavy (non-hydrogen) atoms. The number of nitrogens with one attached hydrogen (secondary N) is 2. The molecule has 0 saturated heterocycles. The Morgan fingerprint density at radius 2 is 2.18 bits per heavy atom. The molecule has 0 saturated carbocycles. The van der Waals surface area contributed by atoms with E-state index in [1.165, 1.54) is 0 Å². The third-order valence-electron chi connectivity index (χ3n) is 3.18. The van der Waals surface area contributed by atoms with Crippen molar-refractivity contribution in [3.05, 3.63) is 24.3 Å². The highest BCUT2D eigenvalue weighted by molar-refractivity contribution is 5.89.